The summed E-state index contributed by atoms with van der Waals surface area (Å²) in [7, 11) is 0. The minimum atomic E-state index is -0.590. The highest BCUT2D eigenvalue weighted by Gasteiger charge is 2.12. The van der Waals surface area contributed by atoms with Gasteiger partial charge in [-0.25, -0.2) is 4.79 Å². The Hall–Kier alpha value is -2.53. The molecular formula is C21H24ClNO4. The van der Waals surface area contributed by atoms with Gasteiger partial charge in [0.25, 0.3) is 5.91 Å². The summed E-state index contributed by atoms with van der Waals surface area (Å²) in [6.07, 6.45) is 0. The van der Waals surface area contributed by atoms with Gasteiger partial charge in [0.15, 0.2) is 13.2 Å². The summed E-state index contributed by atoms with van der Waals surface area (Å²) in [4.78, 5) is 23.7. The lowest BCUT2D eigenvalue weighted by molar-refractivity contribution is -0.150. The summed E-state index contributed by atoms with van der Waals surface area (Å²) in [5.74, 6) is -0.0333. The molecule has 0 saturated heterocycles. The van der Waals surface area contributed by atoms with Crippen LogP contribution in [-0.2, 0) is 20.9 Å². The minimum absolute atomic E-state index is 0.242. The largest absolute Gasteiger partial charge is 0.482 e. The first kappa shape index (κ1) is 20.8. The van der Waals surface area contributed by atoms with Crippen LogP contribution in [0.15, 0.2) is 42.5 Å². The third-order valence-electron chi connectivity index (χ3n) is 3.90. The molecule has 0 aliphatic carbocycles. The van der Waals surface area contributed by atoms with Gasteiger partial charge < -0.3 is 14.8 Å². The molecule has 6 heteroatoms. The number of halogens is 1. The van der Waals surface area contributed by atoms with Crippen LogP contribution in [0.25, 0.3) is 0 Å². The Balaban J connectivity index is 1.75. The number of carbonyl (C=O) groups excluding carboxylic acids is 2. The highest BCUT2D eigenvalue weighted by Crippen LogP contribution is 2.27. The van der Waals surface area contributed by atoms with Crippen LogP contribution in [-0.4, -0.2) is 25.1 Å². The van der Waals surface area contributed by atoms with Crippen LogP contribution in [0.4, 0.5) is 0 Å². The molecular weight excluding hydrogens is 366 g/mol. The van der Waals surface area contributed by atoms with Crippen molar-refractivity contribution in [1.29, 1.82) is 0 Å². The third kappa shape index (κ3) is 6.94. The summed E-state index contributed by atoms with van der Waals surface area (Å²) in [5.41, 5.74) is 2.97. The highest BCUT2D eigenvalue weighted by atomic mass is 35.5. The summed E-state index contributed by atoms with van der Waals surface area (Å²) >= 11 is 5.81. The zero-order valence-corrected chi connectivity index (χ0v) is 16.5. The van der Waals surface area contributed by atoms with E-state index in [0.717, 1.165) is 16.7 Å². The predicted octanol–water partition coefficient (Wildman–Crippen LogP) is 4.01. The molecule has 2 aromatic rings. The van der Waals surface area contributed by atoms with E-state index in [-0.39, 0.29) is 25.0 Å². The Kier molecular flexibility index (Phi) is 7.67. The Morgan fingerprint density at radius 3 is 2.44 bits per heavy atom. The average molecular weight is 390 g/mol. The lowest BCUT2D eigenvalue weighted by atomic mass is 10.0. The summed E-state index contributed by atoms with van der Waals surface area (Å²) in [5, 5.41) is 3.31. The highest BCUT2D eigenvalue weighted by molar-refractivity contribution is 6.30. The summed E-state index contributed by atoms with van der Waals surface area (Å²) in [6.45, 7) is 5.82. The van der Waals surface area contributed by atoms with Gasteiger partial charge in [0.05, 0.1) is 0 Å². The van der Waals surface area contributed by atoms with Gasteiger partial charge in [0, 0.05) is 11.6 Å². The van der Waals surface area contributed by atoms with E-state index in [0.29, 0.717) is 17.3 Å². The van der Waals surface area contributed by atoms with E-state index >= 15 is 0 Å². The standard InChI is InChI=1S/C21H24ClNO4/c1-14(2)18-9-4-15(3)10-19(18)26-13-21(25)27-12-20(24)23-11-16-5-7-17(22)8-6-16/h4-10,14H,11-13H2,1-3H3,(H,23,24). The molecule has 0 heterocycles. The first-order valence-corrected chi connectivity index (χ1v) is 9.13. The Labute approximate surface area is 164 Å². The fourth-order valence-electron chi connectivity index (χ4n) is 2.42. The van der Waals surface area contributed by atoms with Gasteiger partial charge in [-0.05, 0) is 47.7 Å². The van der Waals surface area contributed by atoms with E-state index in [9.17, 15) is 9.59 Å². The number of ether oxygens (including phenoxy) is 2. The molecule has 0 saturated carbocycles. The number of carbonyl (C=O) groups is 2. The molecule has 2 rings (SSSR count). The van der Waals surface area contributed by atoms with E-state index in [2.05, 4.69) is 19.2 Å². The van der Waals surface area contributed by atoms with E-state index < -0.39 is 5.97 Å². The van der Waals surface area contributed by atoms with Crippen LogP contribution >= 0.6 is 11.6 Å². The Morgan fingerprint density at radius 2 is 1.78 bits per heavy atom. The second kappa shape index (κ2) is 9.97. The first-order chi connectivity index (χ1) is 12.8. The van der Waals surface area contributed by atoms with Crippen LogP contribution < -0.4 is 10.1 Å². The van der Waals surface area contributed by atoms with Crippen molar-refractivity contribution in [3.63, 3.8) is 0 Å². The SMILES string of the molecule is Cc1ccc(C(C)C)c(OCC(=O)OCC(=O)NCc2ccc(Cl)cc2)c1. The van der Waals surface area contributed by atoms with Gasteiger partial charge >= 0.3 is 5.97 Å². The van der Waals surface area contributed by atoms with Crippen molar-refractivity contribution >= 4 is 23.5 Å². The van der Waals surface area contributed by atoms with Crippen LogP contribution in [0.2, 0.25) is 5.02 Å². The summed E-state index contributed by atoms with van der Waals surface area (Å²) in [6, 6.07) is 13.0. The topological polar surface area (TPSA) is 64.6 Å². The van der Waals surface area contributed by atoms with Crippen molar-refractivity contribution in [3.05, 3.63) is 64.2 Å². The molecule has 0 unspecified atom stereocenters. The van der Waals surface area contributed by atoms with Gasteiger partial charge in [0.1, 0.15) is 5.75 Å². The fourth-order valence-corrected chi connectivity index (χ4v) is 2.55. The normalized spacial score (nSPS) is 10.6. The molecule has 0 bridgehead atoms. The maximum Gasteiger partial charge on any atom is 0.344 e. The van der Waals surface area contributed by atoms with Crippen LogP contribution in [0.5, 0.6) is 5.75 Å². The lowest BCUT2D eigenvalue weighted by Gasteiger charge is -2.14. The van der Waals surface area contributed by atoms with E-state index in [1.807, 2.05) is 37.3 Å². The minimum Gasteiger partial charge on any atom is -0.482 e. The van der Waals surface area contributed by atoms with Gasteiger partial charge in [-0.2, -0.15) is 0 Å². The zero-order valence-electron chi connectivity index (χ0n) is 15.8. The number of benzene rings is 2. The average Bonchev–Trinajstić information content (AvgIpc) is 2.64. The first-order valence-electron chi connectivity index (χ1n) is 8.75. The number of hydrogen-bond acceptors (Lipinski definition) is 4. The van der Waals surface area contributed by atoms with Gasteiger partial charge in [-0.1, -0.05) is 49.7 Å². The fraction of sp³-hybridized carbons (Fsp3) is 0.333. The molecule has 1 N–H and O–H groups in total. The summed E-state index contributed by atoms with van der Waals surface area (Å²) < 4.78 is 10.6. The van der Waals surface area contributed by atoms with Crippen LogP contribution in [0.3, 0.4) is 0 Å². The van der Waals surface area contributed by atoms with Crippen LogP contribution in [0, 0.1) is 6.92 Å². The molecule has 5 nitrogen and oxygen atoms in total. The predicted molar refractivity (Wildman–Crippen MR) is 105 cm³/mol. The molecule has 0 spiro atoms. The monoisotopic (exact) mass is 389 g/mol. The Morgan fingerprint density at radius 1 is 1.07 bits per heavy atom. The van der Waals surface area contributed by atoms with Crippen molar-refractivity contribution in [2.24, 2.45) is 0 Å². The molecule has 27 heavy (non-hydrogen) atoms. The molecule has 144 valence electrons. The molecule has 0 aliphatic rings. The van der Waals surface area contributed by atoms with E-state index in [1.165, 1.54) is 0 Å². The van der Waals surface area contributed by atoms with Gasteiger partial charge in [-0.3, -0.25) is 4.79 Å². The van der Waals surface area contributed by atoms with E-state index in [4.69, 9.17) is 21.1 Å². The smallest absolute Gasteiger partial charge is 0.344 e. The number of esters is 1. The quantitative estimate of drug-likeness (QED) is 0.693. The molecule has 0 aromatic heterocycles. The number of aryl methyl sites for hydroxylation is 1. The number of hydrogen-bond donors (Lipinski definition) is 1. The number of rotatable bonds is 8. The maximum absolute atomic E-state index is 11.9. The lowest BCUT2D eigenvalue weighted by Crippen LogP contribution is -2.29. The second-order valence-corrected chi connectivity index (χ2v) is 6.98. The molecule has 0 atom stereocenters. The van der Waals surface area contributed by atoms with Crippen molar-refractivity contribution in [2.45, 2.75) is 33.2 Å². The second-order valence-electron chi connectivity index (χ2n) is 6.55. The van der Waals surface area contributed by atoms with Gasteiger partial charge in [-0.15, -0.1) is 0 Å². The molecule has 1 amide bonds. The van der Waals surface area contributed by atoms with Crippen molar-refractivity contribution < 1.29 is 19.1 Å². The molecule has 0 radical (unpaired) electrons. The molecule has 2 aromatic carbocycles. The van der Waals surface area contributed by atoms with Crippen molar-refractivity contribution in [3.8, 4) is 5.75 Å². The van der Waals surface area contributed by atoms with Gasteiger partial charge in [0.2, 0.25) is 0 Å². The number of nitrogens with one attached hydrogen (secondary N) is 1. The molecule has 0 aliphatic heterocycles. The van der Waals surface area contributed by atoms with Crippen LogP contribution in [0.1, 0.15) is 36.5 Å². The number of amides is 1. The Bertz CT molecular complexity index is 787. The van der Waals surface area contributed by atoms with Crippen molar-refractivity contribution in [1.82, 2.24) is 5.32 Å². The van der Waals surface area contributed by atoms with Crippen molar-refractivity contribution in [2.75, 3.05) is 13.2 Å². The zero-order chi connectivity index (χ0) is 19.8. The molecule has 0 fully saturated rings. The third-order valence-corrected chi connectivity index (χ3v) is 4.16. The maximum atomic E-state index is 11.9. The van der Waals surface area contributed by atoms with E-state index in [1.54, 1.807) is 12.1 Å².